The summed E-state index contributed by atoms with van der Waals surface area (Å²) >= 11 is 0. The van der Waals surface area contributed by atoms with Crippen molar-refractivity contribution in [3.8, 4) is 5.75 Å². The predicted molar refractivity (Wildman–Crippen MR) is 259 cm³/mol. The van der Waals surface area contributed by atoms with Crippen molar-refractivity contribution in [1.82, 2.24) is 21.3 Å². The molecular weight excluding hydrogens is 923 g/mol. The maximum Gasteiger partial charge on any atom is 0.308 e. The van der Waals surface area contributed by atoms with Crippen LogP contribution in [0.25, 0.3) is 0 Å². The molecule has 0 spiro atoms. The number of esters is 1. The fourth-order valence-electron chi connectivity index (χ4n) is 8.20. The summed E-state index contributed by atoms with van der Waals surface area (Å²) in [5, 5.41) is 11.8. The van der Waals surface area contributed by atoms with Crippen LogP contribution in [0, 0.1) is 11.8 Å². The van der Waals surface area contributed by atoms with Crippen LogP contribution in [0.4, 0.5) is 0 Å². The van der Waals surface area contributed by atoms with Crippen LogP contribution in [0.3, 0.4) is 0 Å². The van der Waals surface area contributed by atoms with Gasteiger partial charge in [0, 0.05) is 25.2 Å². The highest BCUT2D eigenvalue weighted by molar-refractivity contribution is 7.84. The molecule has 2 heterocycles. The number of hydrogen-bond acceptors (Lipinski definition) is 13. The summed E-state index contributed by atoms with van der Waals surface area (Å²) in [6.07, 6.45) is 2.66. The minimum Gasteiger partial charge on any atom is -0.748 e. The molecule has 4 amide bonds. The van der Waals surface area contributed by atoms with Gasteiger partial charge in [-0.1, -0.05) is 88.4 Å². The van der Waals surface area contributed by atoms with E-state index in [1.807, 2.05) is 88.4 Å². The number of aldehydes is 1. The fourth-order valence-corrected chi connectivity index (χ4v) is 8.20. The molecule has 0 aromatic heterocycles. The third-order valence-corrected chi connectivity index (χ3v) is 11.8. The summed E-state index contributed by atoms with van der Waals surface area (Å²) in [5.74, 6) is -2.63. The number of rotatable bonds is 24. The molecule has 4 unspecified atom stereocenters. The standard InChI is InChI=1S/C50H65N5O10.CH4O3S/c1-33(2)25-41(46(59)50(6)32-64-50)52-49(62)43(28-37-15-11-8-12-16-37)54-48(61)42(26-34(3)4)53-47(60)40(19-17-36-13-9-7-10-14-36)51-45(58)30-55(21-23-63-24-22-55)29-38-18-20-44(65-35(5)57)39(27-38)31-56;1-5(2,3)4/h7-16,18,20,27,31,33-34,40-43H,17,19,21-26,28-30,32H2,1-6H3,(H3-,51,52,53,54,58,60,61,62);1H3,(H,2,3,4)/t40?,41?,42?,43?,50-;/m1./s1. The van der Waals surface area contributed by atoms with Gasteiger partial charge in [0.1, 0.15) is 49.1 Å². The summed E-state index contributed by atoms with van der Waals surface area (Å²) in [5.41, 5.74) is 1.75. The number of carbonyl (C=O) groups is 7. The van der Waals surface area contributed by atoms with E-state index >= 15 is 0 Å². The number of nitrogens with one attached hydrogen (secondary N) is 4. The van der Waals surface area contributed by atoms with E-state index in [1.165, 1.54) is 6.92 Å². The molecule has 3 aromatic rings. The van der Waals surface area contributed by atoms with Gasteiger partial charge in [0.25, 0.3) is 5.91 Å². The number of morpholine rings is 1. The van der Waals surface area contributed by atoms with E-state index < -0.39 is 63.6 Å². The van der Waals surface area contributed by atoms with E-state index in [0.717, 1.165) is 16.7 Å². The molecule has 2 aliphatic rings. The summed E-state index contributed by atoms with van der Waals surface area (Å²) in [6.45, 7) is 13.1. The van der Waals surface area contributed by atoms with Crippen molar-refractivity contribution >= 4 is 51.8 Å². The molecule has 0 aliphatic carbocycles. The van der Waals surface area contributed by atoms with E-state index in [0.29, 0.717) is 58.2 Å². The van der Waals surface area contributed by atoms with Crippen molar-refractivity contribution in [1.29, 1.82) is 0 Å². The van der Waals surface area contributed by atoms with Gasteiger partial charge in [0.2, 0.25) is 17.7 Å². The van der Waals surface area contributed by atoms with E-state index in [1.54, 1.807) is 25.1 Å². The number of aryl methyl sites for hydroxylation is 1. The van der Waals surface area contributed by atoms with Crippen LogP contribution in [-0.4, -0.2) is 135 Å². The molecule has 0 saturated carbocycles. The van der Waals surface area contributed by atoms with Crippen LogP contribution in [0.2, 0.25) is 0 Å². The summed E-state index contributed by atoms with van der Waals surface area (Å²) < 4.78 is 43.8. The summed E-state index contributed by atoms with van der Waals surface area (Å²) in [4.78, 5) is 94.2. The zero-order valence-corrected chi connectivity index (χ0v) is 42.0. The van der Waals surface area contributed by atoms with Crippen LogP contribution in [0.1, 0.15) is 87.9 Å². The Morgan fingerprint density at radius 3 is 1.81 bits per heavy atom. The minimum absolute atomic E-state index is 0.00162. The number of benzene rings is 3. The van der Waals surface area contributed by atoms with Crippen LogP contribution < -0.4 is 26.0 Å². The first-order chi connectivity index (χ1) is 33.0. The minimum atomic E-state index is -3.92. The van der Waals surface area contributed by atoms with E-state index in [4.69, 9.17) is 27.2 Å². The Morgan fingerprint density at radius 1 is 0.757 bits per heavy atom. The largest absolute Gasteiger partial charge is 0.748 e. The first kappa shape index (κ1) is 56.7. The zero-order valence-electron chi connectivity index (χ0n) is 41.2. The summed E-state index contributed by atoms with van der Waals surface area (Å²) in [7, 11) is -3.92. The molecule has 2 fully saturated rings. The molecule has 0 radical (unpaired) electrons. The topological polar surface area (TPSA) is 256 Å². The number of hydrogen-bond donors (Lipinski definition) is 4. The van der Waals surface area contributed by atoms with Crippen molar-refractivity contribution in [2.75, 3.05) is 45.7 Å². The lowest BCUT2D eigenvalue weighted by Gasteiger charge is -2.41. The number of ether oxygens (including phenoxy) is 3. The number of ketones is 1. The molecule has 2 aliphatic heterocycles. The maximum atomic E-state index is 14.4. The zero-order chi connectivity index (χ0) is 51.6. The normalized spacial score (nSPS) is 17.9. The highest BCUT2D eigenvalue weighted by atomic mass is 32.2. The van der Waals surface area contributed by atoms with E-state index in [-0.39, 0.29) is 71.7 Å². The van der Waals surface area contributed by atoms with E-state index in [2.05, 4.69) is 21.3 Å². The van der Waals surface area contributed by atoms with Crippen molar-refractivity contribution in [3.05, 3.63) is 101 Å². The third-order valence-electron chi connectivity index (χ3n) is 11.8. The quantitative estimate of drug-likeness (QED) is 0.0252. The molecule has 5 atom stereocenters. The monoisotopic (exact) mass is 991 g/mol. The van der Waals surface area contributed by atoms with Crippen LogP contribution >= 0.6 is 0 Å². The van der Waals surface area contributed by atoms with Crippen LogP contribution in [0.5, 0.6) is 5.75 Å². The Kier molecular flexibility index (Phi) is 21.4. The van der Waals surface area contributed by atoms with Crippen LogP contribution in [0.15, 0.2) is 78.9 Å². The van der Waals surface area contributed by atoms with Gasteiger partial charge < -0.3 is 44.5 Å². The molecule has 19 heteroatoms. The average molecular weight is 992 g/mol. The molecule has 18 nitrogen and oxygen atoms in total. The van der Waals surface area contributed by atoms with Crippen molar-refractivity contribution < 1.29 is 65.2 Å². The number of amides is 4. The number of nitrogens with zero attached hydrogens (tertiary/aromatic N) is 1. The van der Waals surface area contributed by atoms with Gasteiger partial charge in [-0.3, -0.25) is 33.6 Å². The van der Waals surface area contributed by atoms with Gasteiger partial charge in [-0.05, 0) is 73.8 Å². The van der Waals surface area contributed by atoms with Crippen molar-refractivity contribution in [2.45, 2.75) is 110 Å². The Balaban J connectivity index is 0.00000202. The molecular formula is C51H69N5O13S. The first-order valence-electron chi connectivity index (χ1n) is 23.5. The number of epoxide rings is 1. The fraction of sp³-hybridized carbons (Fsp3) is 0.510. The molecule has 2 saturated heterocycles. The first-order valence-corrected chi connectivity index (χ1v) is 25.4. The van der Waals surface area contributed by atoms with E-state index in [9.17, 15) is 33.6 Å². The molecule has 5 rings (SSSR count). The van der Waals surface area contributed by atoms with Gasteiger partial charge in [0.15, 0.2) is 18.6 Å². The third kappa shape index (κ3) is 19.5. The van der Waals surface area contributed by atoms with Gasteiger partial charge in [0.05, 0.1) is 41.5 Å². The SMILES string of the molecule is CC(=O)Oc1ccc(C[N+]2(CC(=O)NC(CCc3ccccc3)C(=O)NC(CC(C)C)C(=O)NC(Cc3ccccc3)C(=O)NC(CC(C)C)C(=O)[C@@]3(C)CO3)CCOCC2)cc1C=O.CS(=O)(=O)[O-]. The highest BCUT2D eigenvalue weighted by Gasteiger charge is 2.50. The van der Waals surface area contributed by atoms with Gasteiger partial charge in [-0.15, -0.1) is 0 Å². The lowest BCUT2D eigenvalue weighted by Crippen LogP contribution is -2.61. The molecule has 0 bridgehead atoms. The second-order valence-electron chi connectivity index (χ2n) is 19.2. The number of Topliss-reactive ketones (excluding diaryl/α,β-unsaturated/α-hetero) is 1. The highest BCUT2D eigenvalue weighted by Crippen LogP contribution is 2.30. The van der Waals surface area contributed by atoms with Gasteiger partial charge in [-0.2, -0.15) is 0 Å². The number of quaternary nitrogens is 1. The second-order valence-corrected chi connectivity index (χ2v) is 20.6. The lowest BCUT2D eigenvalue weighted by molar-refractivity contribution is -0.940. The maximum absolute atomic E-state index is 14.4. The smallest absolute Gasteiger partial charge is 0.308 e. The predicted octanol–water partition coefficient (Wildman–Crippen LogP) is 3.20. The average Bonchev–Trinajstić information content (AvgIpc) is 4.05. The molecule has 4 N–H and O–H groups in total. The van der Waals surface area contributed by atoms with Crippen LogP contribution in [-0.2, 0) is 67.7 Å². The van der Waals surface area contributed by atoms with Gasteiger partial charge >= 0.3 is 5.97 Å². The summed E-state index contributed by atoms with van der Waals surface area (Å²) in [6, 6.07) is 19.8. The molecule has 70 heavy (non-hydrogen) atoms. The Labute approximate surface area is 411 Å². The molecule has 382 valence electrons. The number of carbonyl (C=O) groups excluding carboxylic acids is 7. The Morgan fingerprint density at radius 2 is 1.27 bits per heavy atom. The second kappa shape index (κ2) is 26.4. The Bertz CT molecular complexity index is 2360. The Hall–Kier alpha value is -5.86. The van der Waals surface area contributed by atoms with Gasteiger partial charge in [-0.25, -0.2) is 8.42 Å². The lowest BCUT2D eigenvalue weighted by atomic mass is 9.93. The van der Waals surface area contributed by atoms with Crippen molar-refractivity contribution in [3.63, 3.8) is 0 Å². The molecule has 3 aromatic carbocycles. The van der Waals surface area contributed by atoms with Crippen molar-refractivity contribution in [2.24, 2.45) is 11.8 Å².